The molecular formula is C21H23N3O4S. The van der Waals surface area contributed by atoms with Gasteiger partial charge in [-0.2, -0.15) is 0 Å². The van der Waals surface area contributed by atoms with Gasteiger partial charge in [0.1, 0.15) is 23.8 Å². The molecule has 1 unspecified atom stereocenters. The van der Waals surface area contributed by atoms with Crippen LogP contribution in [0.15, 0.2) is 53.9 Å². The SMILES string of the molecule is CCOc1ccc(OC(C)C(=O)NCCOc2ccc(-c3cccs3)nn2)cc1. The van der Waals surface area contributed by atoms with E-state index in [4.69, 9.17) is 14.2 Å². The zero-order valence-corrected chi connectivity index (χ0v) is 17.1. The summed E-state index contributed by atoms with van der Waals surface area (Å²) in [5.41, 5.74) is 0.806. The molecule has 0 fully saturated rings. The van der Waals surface area contributed by atoms with Gasteiger partial charge in [-0.05, 0) is 55.6 Å². The molecule has 1 atom stereocenters. The number of nitrogens with one attached hydrogen (secondary N) is 1. The van der Waals surface area contributed by atoms with Crippen LogP contribution in [0, 0.1) is 0 Å². The van der Waals surface area contributed by atoms with E-state index in [0.29, 0.717) is 24.8 Å². The highest BCUT2D eigenvalue weighted by atomic mass is 32.1. The first-order valence-electron chi connectivity index (χ1n) is 9.33. The summed E-state index contributed by atoms with van der Waals surface area (Å²) >= 11 is 1.60. The van der Waals surface area contributed by atoms with Crippen molar-refractivity contribution < 1.29 is 19.0 Å². The average molecular weight is 413 g/mol. The van der Waals surface area contributed by atoms with Crippen LogP contribution in [0.3, 0.4) is 0 Å². The number of thiophene rings is 1. The second-order valence-electron chi connectivity index (χ2n) is 6.04. The fourth-order valence-corrected chi connectivity index (χ4v) is 3.16. The van der Waals surface area contributed by atoms with Crippen LogP contribution in [0.4, 0.5) is 0 Å². The van der Waals surface area contributed by atoms with Crippen molar-refractivity contribution in [1.29, 1.82) is 0 Å². The van der Waals surface area contributed by atoms with Gasteiger partial charge in [-0.3, -0.25) is 4.79 Å². The smallest absolute Gasteiger partial charge is 0.260 e. The molecule has 1 N–H and O–H groups in total. The Balaban J connectivity index is 1.37. The standard InChI is InChI=1S/C21H23N3O4S/c1-3-26-16-6-8-17(9-7-16)28-15(2)21(25)22-12-13-27-20-11-10-18(23-24-20)19-5-4-14-29-19/h4-11,14-15H,3,12-13H2,1-2H3,(H,22,25). The molecule has 0 saturated carbocycles. The molecule has 7 nitrogen and oxygen atoms in total. The van der Waals surface area contributed by atoms with Crippen LogP contribution in [0.5, 0.6) is 17.4 Å². The van der Waals surface area contributed by atoms with Crippen molar-refractivity contribution >= 4 is 17.2 Å². The van der Waals surface area contributed by atoms with Crippen molar-refractivity contribution in [2.24, 2.45) is 0 Å². The van der Waals surface area contributed by atoms with Crippen LogP contribution in [-0.4, -0.2) is 42.0 Å². The summed E-state index contributed by atoms with van der Waals surface area (Å²) in [5, 5.41) is 13.0. The Morgan fingerprint density at radius 2 is 1.86 bits per heavy atom. The molecule has 0 radical (unpaired) electrons. The van der Waals surface area contributed by atoms with Crippen molar-refractivity contribution in [3.05, 3.63) is 53.9 Å². The molecule has 3 rings (SSSR count). The number of ether oxygens (including phenoxy) is 3. The van der Waals surface area contributed by atoms with Gasteiger partial charge in [0.15, 0.2) is 6.10 Å². The highest BCUT2D eigenvalue weighted by Gasteiger charge is 2.14. The minimum atomic E-state index is -0.627. The first-order valence-corrected chi connectivity index (χ1v) is 10.2. The Bertz CT molecular complexity index is 883. The van der Waals surface area contributed by atoms with Gasteiger partial charge in [-0.1, -0.05) is 6.07 Å². The molecule has 152 valence electrons. The highest BCUT2D eigenvalue weighted by Crippen LogP contribution is 2.22. The van der Waals surface area contributed by atoms with Crippen LogP contribution < -0.4 is 19.5 Å². The van der Waals surface area contributed by atoms with E-state index in [9.17, 15) is 4.79 Å². The summed E-state index contributed by atoms with van der Waals surface area (Å²) in [7, 11) is 0. The molecule has 3 aromatic rings. The van der Waals surface area contributed by atoms with Gasteiger partial charge in [0, 0.05) is 6.07 Å². The fraction of sp³-hybridized carbons (Fsp3) is 0.286. The van der Waals surface area contributed by atoms with Gasteiger partial charge in [0.2, 0.25) is 5.88 Å². The van der Waals surface area contributed by atoms with Gasteiger partial charge in [0.25, 0.3) is 5.91 Å². The normalized spacial score (nSPS) is 11.5. The molecule has 2 aromatic heterocycles. The first kappa shape index (κ1) is 20.6. The van der Waals surface area contributed by atoms with Crippen molar-refractivity contribution in [3.8, 4) is 28.0 Å². The fourth-order valence-electron chi connectivity index (χ4n) is 2.47. The van der Waals surface area contributed by atoms with E-state index in [1.54, 1.807) is 36.5 Å². The van der Waals surface area contributed by atoms with Crippen LogP contribution in [-0.2, 0) is 4.79 Å². The number of rotatable bonds is 10. The summed E-state index contributed by atoms with van der Waals surface area (Å²) in [5.74, 6) is 1.56. The second-order valence-corrected chi connectivity index (χ2v) is 6.99. The van der Waals surface area contributed by atoms with Crippen molar-refractivity contribution in [2.75, 3.05) is 19.8 Å². The summed E-state index contributed by atoms with van der Waals surface area (Å²) in [6.45, 7) is 4.85. The van der Waals surface area contributed by atoms with E-state index in [0.717, 1.165) is 16.3 Å². The van der Waals surface area contributed by atoms with E-state index in [2.05, 4.69) is 15.5 Å². The number of nitrogens with zero attached hydrogens (tertiary/aromatic N) is 2. The quantitative estimate of drug-likeness (QED) is 0.512. The van der Waals surface area contributed by atoms with Gasteiger partial charge >= 0.3 is 0 Å². The molecule has 8 heteroatoms. The predicted octanol–water partition coefficient (Wildman–Crippen LogP) is 3.57. The molecule has 0 saturated heterocycles. The average Bonchev–Trinajstić information content (AvgIpc) is 3.28. The number of carbonyl (C=O) groups is 1. The van der Waals surface area contributed by atoms with Gasteiger partial charge in [0.05, 0.1) is 18.0 Å². The zero-order valence-electron chi connectivity index (χ0n) is 16.3. The van der Waals surface area contributed by atoms with Crippen molar-refractivity contribution in [1.82, 2.24) is 15.5 Å². The Hall–Kier alpha value is -3.13. The largest absolute Gasteiger partial charge is 0.494 e. The van der Waals surface area contributed by atoms with Crippen molar-refractivity contribution in [2.45, 2.75) is 20.0 Å². The Labute approximate surface area is 173 Å². The maximum atomic E-state index is 12.2. The second kappa shape index (κ2) is 10.4. The molecule has 1 amide bonds. The summed E-state index contributed by atoms with van der Waals surface area (Å²) in [4.78, 5) is 13.2. The number of hydrogen-bond donors (Lipinski definition) is 1. The number of aromatic nitrogens is 2. The van der Waals surface area contributed by atoms with Crippen molar-refractivity contribution in [3.63, 3.8) is 0 Å². The monoisotopic (exact) mass is 413 g/mol. The molecular weight excluding hydrogens is 390 g/mol. The topological polar surface area (TPSA) is 82.6 Å². The third-order valence-corrected chi connectivity index (χ3v) is 4.77. The summed E-state index contributed by atoms with van der Waals surface area (Å²) in [6.07, 6.45) is -0.627. The van der Waals surface area contributed by atoms with E-state index in [-0.39, 0.29) is 12.5 Å². The first-order chi connectivity index (χ1) is 14.2. The summed E-state index contributed by atoms with van der Waals surface area (Å²) < 4.78 is 16.5. The maximum Gasteiger partial charge on any atom is 0.260 e. The van der Waals surface area contributed by atoms with E-state index in [1.807, 2.05) is 42.6 Å². The molecule has 29 heavy (non-hydrogen) atoms. The van der Waals surface area contributed by atoms with Crippen LogP contribution in [0.1, 0.15) is 13.8 Å². The van der Waals surface area contributed by atoms with E-state index >= 15 is 0 Å². The van der Waals surface area contributed by atoms with E-state index in [1.165, 1.54) is 0 Å². The molecule has 1 aromatic carbocycles. The number of benzene rings is 1. The highest BCUT2D eigenvalue weighted by molar-refractivity contribution is 7.13. The summed E-state index contributed by atoms with van der Waals surface area (Å²) in [6, 6.07) is 14.7. The third kappa shape index (κ3) is 6.18. The maximum absolute atomic E-state index is 12.2. The lowest BCUT2D eigenvalue weighted by molar-refractivity contribution is -0.127. The third-order valence-electron chi connectivity index (χ3n) is 3.88. The zero-order chi connectivity index (χ0) is 20.5. The lowest BCUT2D eigenvalue weighted by Crippen LogP contribution is -2.38. The molecule has 0 aliphatic carbocycles. The predicted molar refractivity (Wildman–Crippen MR) is 112 cm³/mol. The van der Waals surface area contributed by atoms with Gasteiger partial charge in [-0.25, -0.2) is 0 Å². The minimum Gasteiger partial charge on any atom is -0.494 e. The van der Waals surface area contributed by atoms with Crippen LogP contribution >= 0.6 is 11.3 Å². The molecule has 0 aliphatic rings. The van der Waals surface area contributed by atoms with Gasteiger partial charge < -0.3 is 19.5 Å². The Kier molecular flexibility index (Phi) is 7.40. The molecule has 0 spiro atoms. The van der Waals surface area contributed by atoms with Gasteiger partial charge in [-0.15, -0.1) is 21.5 Å². The number of hydrogen-bond acceptors (Lipinski definition) is 7. The van der Waals surface area contributed by atoms with E-state index < -0.39 is 6.10 Å². The lowest BCUT2D eigenvalue weighted by atomic mass is 10.3. The molecule has 0 aliphatic heterocycles. The van der Waals surface area contributed by atoms with Crippen LogP contribution in [0.2, 0.25) is 0 Å². The lowest BCUT2D eigenvalue weighted by Gasteiger charge is -2.15. The van der Waals surface area contributed by atoms with Crippen LogP contribution in [0.25, 0.3) is 10.6 Å². The minimum absolute atomic E-state index is 0.221. The Morgan fingerprint density at radius 1 is 1.07 bits per heavy atom. The number of amides is 1. The Morgan fingerprint density at radius 3 is 2.52 bits per heavy atom. The molecule has 2 heterocycles. The number of carbonyl (C=O) groups excluding carboxylic acids is 1. The molecule has 0 bridgehead atoms.